The highest BCUT2D eigenvalue weighted by molar-refractivity contribution is 9.10. The van der Waals surface area contributed by atoms with Gasteiger partial charge in [0, 0.05) is 4.47 Å². The number of halogens is 3. The number of aliphatic hydroxyl groups excluding tert-OH is 1. The van der Waals surface area contributed by atoms with Crippen molar-refractivity contribution < 1.29 is 23.5 Å². The molecule has 1 aromatic carbocycles. The minimum absolute atomic E-state index is 0.113. The lowest BCUT2D eigenvalue weighted by atomic mass is 9.97. The van der Waals surface area contributed by atoms with E-state index in [2.05, 4.69) is 29.8 Å². The summed E-state index contributed by atoms with van der Waals surface area (Å²) >= 11 is 3.02. The van der Waals surface area contributed by atoms with Crippen LogP contribution in [0, 0.1) is 11.6 Å². The average Bonchev–Trinajstić information content (AvgIpc) is 2.42. The van der Waals surface area contributed by atoms with Crippen LogP contribution in [0.15, 0.2) is 16.6 Å². The zero-order valence-electron chi connectivity index (χ0n) is 12.9. The molecule has 1 heterocycles. The number of aliphatic hydroxyl groups is 1. The molecule has 1 fully saturated rings. The second kappa shape index (κ2) is 7.70. The zero-order valence-corrected chi connectivity index (χ0v) is 14.5. The van der Waals surface area contributed by atoms with Gasteiger partial charge in [0.25, 0.3) is 0 Å². The van der Waals surface area contributed by atoms with Crippen molar-refractivity contribution >= 4 is 15.9 Å². The van der Waals surface area contributed by atoms with Gasteiger partial charge in [-0.05, 0) is 45.2 Å². The number of piperidine rings is 1. The Bertz CT molecular complexity index is 482. The minimum atomic E-state index is -0.772. The molecular weight excluding hydrogens is 356 g/mol. The molecule has 124 valence electrons. The Morgan fingerprint density at radius 2 is 1.82 bits per heavy atom. The Morgan fingerprint density at radius 3 is 2.36 bits per heavy atom. The van der Waals surface area contributed by atoms with Crippen molar-refractivity contribution in [3.63, 3.8) is 0 Å². The molecule has 1 aromatic rings. The van der Waals surface area contributed by atoms with Crippen molar-refractivity contribution in [3.05, 3.63) is 28.2 Å². The molecule has 3 nitrogen and oxygen atoms in total. The number of ether oxygens (including phenoxy) is 1. The topological polar surface area (TPSA) is 33.9 Å². The number of hydrogen-bond acceptors (Lipinski definition) is 2. The van der Waals surface area contributed by atoms with Crippen LogP contribution in [0.2, 0.25) is 0 Å². The summed E-state index contributed by atoms with van der Waals surface area (Å²) in [5, 5.41) is 10.1. The summed E-state index contributed by atoms with van der Waals surface area (Å²) in [6.07, 6.45) is 2.75. The first-order chi connectivity index (χ1) is 10.4. The molecule has 1 saturated heterocycles. The van der Waals surface area contributed by atoms with Gasteiger partial charge in [-0.3, -0.25) is 0 Å². The average molecular weight is 379 g/mol. The maximum Gasteiger partial charge on any atom is 0.190 e. The first kappa shape index (κ1) is 17.6. The lowest BCUT2D eigenvalue weighted by Gasteiger charge is -2.36. The molecule has 0 unspecified atom stereocenters. The number of rotatable bonds is 5. The fourth-order valence-electron chi connectivity index (χ4n) is 3.17. The third-order valence-corrected chi connectivity index (χ3v) is 4.85. The van der Waals surface area contributed by atoms with Gasteiger partial charge in [-0.2, -0.15) is 0 Å². The molecule has 0 amide bonds. The predicted molar refractivity (Wildman–Crippen MR) is 84.2 cm³/mol. The van der Waals surface area contributed by atoms with Crippen LogP contribution in [0.4, 0.5) is 8.78 Å². The van der Waals surface area contributed by atoms with Gasteiger partial charge in [-0.1, -0.05) is 15.9 Å². The van der Waals surface area contributed by atoms with E-state index in [0.717, 1.165) is 25.0 Å². The Hall–Kier alpha value is -0.720. The molecule has 0 aromatic heterocycles. The van der Waals surface area contributed by atoms with Crippen LogP contribution < -0.4 is 9.64 Å². The predicted octanol–water partition coefficient (Wildman–Crippen LogP) is 2.31. The Morgan fingerprint density at radius 1 is 1.27 bits per heavy atom. The normalized spacial score (nSPS) is 24.3. The third-order valence-electron chi connectivity index (χ3n) is 4.39. The second-order valence-corrected chi connectivity index (χ2v) is 7.09. The first-order valence-electron chi connectivity index (χ1n) is 7.69. The van der Waals surface area contributed by atoms with Gasteiger partial charge in [0.2, 0.25) is 0 Å². The van der Waals surface area contributed by atoms with Crippen LogP contribution in [0.5, 0.6) is 5.75 Å². The van der Waals surface area contributed by atoms with E-state index in [1.807, 2.05) is 0 Å². The molecule has 2 N–H and O–H groups in total. The van der Waals surface area contributed by atoms with Crippen molar-refractivity contribution in [2.24, 2.45) is 0 Å². The third kappa shape index (κ3) is 4.40. The van der Waals surface area contributed by atoms with E-state index in [9.17, 15) is 13.9 Å². The number of hydrogen-bond donors (Lipinski definition) is 2. The lowest BCUT2D eigenvalue weighted by Crippen LogP contribution is -3.20. The highest BCUT2D eigenvalue weighted by Crippen LogP contribution is 2.25. The molecule has 1 aliphatic heterocycles. The van der Waals surface area contributed by atoms with E-state index in [1.165, 1.54) is 11.3 Å². The highest BCUT2D eigenvalue weighted by Gasteiger charge is 2.30. The van der Waals surface area contributed by atoms with Gasteiger partial charge < -0.3 is 14.7 Å². The second-order valence-electron chi connectivity index (χ2n) is 6.18. The largest absolute Gasteiger partial charge is 0.485 e. The molecule has 1 aliphatic rings. The van der Waals surface area contributed by atoms with Crippen molar-refractivity contribution in [3.8, 4) is 5.75 Å². The smallest absolute Gasteiger partial charge is 0.190 e. The fourth-order valence-corrected chi connectivity index (χ4v) is 3.57. The summed E-state index contributed by atoms with van der Waals surface area (Å²) in [4.78, 5) is 1.33. The molecule has 2 rings (SSSR count). The standard InChI is InChI=1S/C16H22BrF2NO2/c1-10-4-3-5-11(2)20(10)8-13(21)9-22-16-14(18)6-12(17)7-15(16)19/h6-7,10-11,13,21H,3-5,8-9H2,1-2H3/p+1/t10-,11-,13-/m0/s1. The number of nitrogens with one attached hydrogen (secondary N) is 1. The summed E-state index contributed by atoms with van der Waals surface area (Å²) in [7, 11) is 0. The molecule has 6 heteroatoms. The van der Waals surface area contributed by atoms with Crippen molar-refractivity contribution in [1.82, 2.24) is 0 Å². The molecule has 0 bridgehead atoms. The van der Waals surface area contributed by atoms with Gasteiger partial charge in [0.05, 0.1) is 12.1 Å². The fraction of sp³-hybridized carbons (Fsp3) is 0.625. The van der Waals surface area contributed by atoms with Gasteiger partial charge in [-0.25, -0.2) is 8.78 Å². The van der Waals surface area contributed by atoms with Gasteiger partial charge in [0.1, 0.15) is 19.3 Å². The van der Waals surface area contributed by atoms with Crippen LogP contribution in [-0.2, 0) is 0 Å². The Labute approximate surface area is 138 Å². The molecule has 0 aliphatic carbocycles. The maximum absolute atomic E-state index is 13.7. The van der Waals surface area contributed by atoms with E-state index in [4.69, 9.17) is 4.74 Å². The van der Waals surface area contributed by atoms with E-state index in [-0.39, 0.29) is 6.61 Å². The SMILES string of the molecule is C[C@H]1CCC[C@H](C)[NH+]1C[C@H](O)COc1c(F)cc(Br)cc1F. The number of likely N-dealkylation sites (tertiary alicyclic amines) is 1. The van der Waals surface area contributed by atoms with E-state index < -0.39 is 23.5 Å². The summed E-state index contributed by atoms with van der Waals surface area (Å²) in [5.41, 5.74) is 0. The molecule has 0 saturated carbocycles. The van der Waals surface area contributed by atoms with Gasteiger partial charge in [-0.15, -0.1) is 0 Å². The molecular formula is C16H23BrF2NO2+. The van der Waals surface area contributed by atoms with Crippen molar-refractivity contribution in [2.45, 2.75) is 51.3 Å². The summed E-state index contributed by atoms with van der Waals surface area (Å²) in [5.74, 6) is -1.98. The summed E-state index contributed by atoms with van der Waals surface area (Å²) < 4.78 is 32.8. The highest BCUT2D eigenvalue weighted by atomic mass is 79.9. The molecule has 3 atom stereocenters. The summed E-state index contributed by atoms with van der Waals surface area (Å²) in [6.45, 7) is 4.76. The van der Waals surface area contributed by atoms with Crippen molar-refractivity contribution in [1.29, 1.82) is 0 Å². The molecule has 0 spiro atoms. The minimum Gasteiger partial charge on any atom is -0.485 e. The lowest BCUT2D eigenvalue weighted by molar-refractivity contribution is -0.954. The van der Waals surface area contributed by atoms with Crippen LogP contribution in [0.3, 0.4) is 0 Å². The van der Waals surface area contributed by atoms with Crippen LogP contribution in [0.1, 0.15) is 33.1 Å². The maximum atomic E-state index is 13.7. The van der Waals surface area contributed by atoms with Gasteiger partial charge in [0.15, 0.2) is 17.4 Å². The summed E-state index contributed by atoms with van der Waals surface area (Å²) in [6, 6.07) is 3.26. The van der Waals surface area contributed by atoms with E-state index in [1.54, 1.807) is 0 Å². The van der Waals surface area contributed by atoms with Gasteiger partial charge >= 0.3 is 0 Å². The Balaban J connectivity index is 1.91. The zero-order chi connectivity index (χ0) is 16.3. The Kier molecular flexibility index (Phi) is 6.17. The van der Waals surface area contributed by atoms with Crippen LogP contribution in [-0.4, -0.2) is 36.4 Å². The van der Waals surface area contributed by atoms with Crippen molar-refractivity contribution in [2.75, 3.05) is 13.2 Å². The quantitative estimate of drug-likeness (QED) is 0.824. The monoisotopic (exact) mass is 378 g/mol. The molecule has 22 heavy (non-hydrogen) atoms. The van der Waals surface area contributed by atoms with Crippen LogP contribution >= 0.6 is 15.9 Å². The molecule has 0 radical (unpaired) electrons. The van der Waals surface area contributed by atoms with Crippen LogP contribution in [0.25, 0.3) is 0 Å². The number of quaternary nitrogens is 1. The first-order valence-corrected chi connectivity index (χ1v) is 8.48. The van der Waals surface area contributed by atoms with E-state index in [0.29, 0.717) is 23.1 Å². The van der Waals surface area contributed by atoms with E-state index >= 15 is 0 Å². The number of benzene rings is 1.